The van der Waals surface area contributed by atoms with Crippen molar-refractivity contribution in [3.8, 4) is 0 Å². The molecule has 0 aromatic heterocycles. The van der Waals surface area contributed by atoms with Crippen LogP contribution < -0.4 is 5.01 Å². The van der Waals surface area contributed by atoms with Gasteiger partial charge in [-0.15, -0.1) is 0 Å². The van der Waals surface area contributed by atoms with Crippen LogP contribution in [0.2, 0.25) is 0 Å². The molecule has 0 spiro atoms. The van der Waals surface area contributed by atoms with Gasteiger partial charge in [0.2, 0.25) is 5.91 Å². The lowest BCUT2D eigenvalue weighted by Gasteiger charge is -2.32. The number of sulfone groups is 1. The van der Waals surface area contributed by atoms with Gasteiger partial charge in [0.05, 0.1) is 23.8 Å². The van der Waals surface area contributed by atoms with Crippen molar-refractivity contribution in [2.75, 3.05) is 29.7 Å². The molecule has 1 saturated heterocycles. The molecule has 0 N–H and O–H groups in total. The molecule has 2 atom stereocenters. The largest absolute Gasteiger partial charge is 0.461 e. The Labute approximate surface area is 165 Å². The van der Waals surface area contributed by atoms with Gasteiger partial charge in [0.25, 0.3) is 0 Å². The van der Waals surface area contributed by atoms with Crippen molar-refractivity contribution in [1.82, 2.24) is 4.90 Å². The Hall–Kier alpha value is -2.42. The van der Waals surface area contributed by atoms with E-state index in [4.69, 9.17) is 4.74 Å². The van der Waals surface area contributed by atoms with E-state index in [-0.39, 0.29) is 42.2 Å². The van der Waals surface area contributed by atoms with Gasteiger partial charge in [0.1, 0.15) is 11.8 Å². The number of ether oxygens (including phenoxy) is 1. The van der Waals surface area contributed by atoms with Crippen LogP contribution in [-0.4, -0.2) is 67.6 Å². The lowest BCUT2D eigenvalue weighted by atomic mass is 10.1. The van der Waals surface area contributed by atoms with Gasteiger partial charge in [-0.3, -0.25) is 9.80 Å². The van der Waals surface area contributed by atoms with E-state index in [1.165, 1.54) is 0 Å². The van der Waals surface area contributed by atoms with Gasteiger partial charge in [-0.1, -0.05) is 18.2 Å². The molecule has 0 radical (unpaired) electrons. The second kappa shape index (κ2) is 8.30. The predicted molar refractivity (Wildman–Crippen MR) is 106 cm³/mol. The summed E-state index contributed by atoms with van der Waals surface area (Å²) in [5.74, 6) is -0.684. The predicted octanol–water partition coefficient (Wildman–Crippen LogP) is 1.22. The van der Waals surface area contributed by atoms with E-state index in [0.717, 1.165) is 0 Å². The number of esters is 1. The van der Waals surface area contributed by atoms with Gasteiger partial charge in [-0.05, 0) is 32.4 Å². The van der Waals surface area contributed by atoms with Crippen molar-refractivity contribution in [2.24, 2.45) is 5.10 Å². The lowest BCUT2D eigenvalue weighted by Crippen LogP contribution is -2.50. The highest BCUT2D eigenvalue weighted by Crippen LogP contribution is 2.28. The topological polar surface area (TPSA) is 96.3 Å². The highest BCUT2D eigenvalue weighted by molar-refractivity contribution is 7.91. The molecular weight excluding hydrogens is 382 g/mol. The maximum absolute atomic E-state index is 13.3. The Balaban J connectivity index is 1.87. The van der Waals surface area contributed by atoms with Crippen molar-refractivity contribution in [3.63, 3.8) is 0 Å². The number of anilines is 1. The van der Waals surface area contributed by atoms with E-state index in [1.54, 1.807) is 16.8 Å². The summed E-state index contributed by atoms with van der Waals surface area (Å²) in [6.45, 7) is 4.16. The molecule has 28 heavy (non-hydrogen) atoms. The third kappa shape index (κ3) is 4.19. The van der Waals surface area contributed by atoms with Crippen molar-refractivity contribution in [1.29, 1.82) is 0 Å². The third-order valence-electron chi connectivity index (χ3n) is 5.00. The van der Waals surface area contributed by atoms with E-state index in [9.17, 15) is 18.0 Å². The minimum absolute atomic E-state index is 0.0176. The van der Waals surface area contributed by atoms with Crippen LogP contribution in [0.5, 0.6) is 0 Å². The first-order valence-corrected chi connectivity index (χ1v) is 11.3. The van der Waals surface area contributed by atoms with Crippen molar-refractivity contribution in [2.45, 2.75) is 38.8 Å². The Morgan fingerprint density at radius 2 is 1.96 bits per heavy atom. The van der Waals surface area contributed by atoms with Crippen LogP contribution in [0.3, 0.4) is 0 Å². The average Bonchev–Trinajstić information content (AvgIpc) is 3.27. The zero-order valence-corrected chi connectivity index (χ0v) is 16.9. The SMILES string of the molecule is CCOC(=O)C1=NN(c2ccccc2)C(C(=O)N(CC)C2CCS(=O)(=O)C2)C1. The summed E-state index contributed by atoms with van der Waals surface area (Å²) >= 11 is 0. The van der Waals surface area contributed by atoms with Gasteiger partial charge in [-0.25, -0.2) is 13.2 Å². The molecule has 0 aliphatic carbocycles. The number of rotatable bonds is 6. The van der Waals surface area contributed by atoms with Gasteiger partial charge in [0.15, 0.2) is 9.84 Å². The molecule has 3 rings (SSSR count). The molecule has 2 unspecified atom stereocenters. The summed E-state index contributed by atoms with van der Waals surface area (Å²) < 4.78 is 28.8. The molecule has 2 heterocycles. The normalized spacial score (nSPS) is 23.4. The number of nitrogens with zero attached hydrogens (tertiary/aromatic N) is 3. The van der Waals surface area contributed by atoms with Crippen LogP contribution in [0.4, 0.5) is 5.69 Å². The molecule has 9 heteroatoms. The van der Waals surface area contributed by atoms with Crippen LogP contribution in [0, 0.1) is 0 Å². The standard InChI is InChI=1S/C19H25N3O5S/c1-3-21(15-10-11-28(25,26)13-15)18(23)17-12-16(19(24)27-4-2)20-22(17)14-8-6-5-7-9-14/h5-9,15,17H,3-4,10-13H2,1-2H3. The fraction of sp³-hybridized carbons (Fsp3) is 0.526. The van der Waals surface area contributed by atoms with Crippen LogP contribution in [0.15, 0.2) is 35.4 Å². The number of hydrogen-bond acceptors (Lipinski definition) is 7. The molecular formula is C19H25N3O5S. The van der Waals surface area contributed by atoms with Crippen LogP contribution in [-0.2, 0) is 24.2 Å². The second-order valence-electron chi connectivity index (χ2n) is 6.85. The fourth-order valence-corrected chi connectivity index (χ4v) is 5.40. The monoisotopic (exact) mass is 407 g/mol. The number of amides is 1. The molecule has 8 nitrogen and oxygen atoms in total. The molecule has 1 fully saturated rings. The maximum Gasteiger partial charge on any atom is 0.354 e. The number of likely N-dealkylation sites (N-methyl/N-ethyl adjacent to an activating group) is 1. The van der Waals surface area contributed by atoms with Gasteiger partial charge in [0, 0.05) is 19.0 Å². The van der Waals surface area contributed by atoms with Gasteiger partial charge < -0.3 is 9.64 Å². The number of para-hydroxylation sites is 1. The van der Waals surface area contributed by atoms with Crippen LogP contribution >= 0.6 is 0 Å². The van der Waals surface area contributed by atoms with E-state index in [1.807, 2.05) is 37.3 Å². The molecule has 152 valence electrons. The maximum atomic E-state index is 13.3. The summed E-state index contributed by atoms with van der Waals surface area (Å²) in [4.78, 5) is 27.1. The summed E-state index contributed by atoms with van der Waals surface area (Å²) in [5, 5.41) is 5.90. The van der Waals surface area contributed by atoms with Crippen molar-refractivity contribution < 1.29 is 22.7 Å². The Morgan fingerprint density at radius 3 is 2.54 bits per heavy atom. The molecule has 0 bridgehead atoms. The zero-order chi connectivity index (χ0) is 20.3. The van der Waals surface area contributed by atoms with Crippen molar-refractivity contribution >= 4 is 33.1 Å². The Morgan fingerprint density at radius 1 is 1.25 bits per heavy atom. The first-order chi connectivity index (χ1) is 13.4. The number of hydrazone groups is 1. The van der Waals surface area contributed by atoms with E-state index in [0.29, 0.717) is 18.7 Å². The molecule has 0 saturated carbocycles. The molecule has 1 amide bonds. The molecule has 1 aromatic carbocycles. The Kier molecular flexibility index (Phi) is 6.02. The first-order valence-electron chi connectivity index (χ1n) is 9.46. The fourth-order valence-electron chi connectivity index (χ4n) is 3.67. The van der Waals surface area contributed by atoms with E-state index < -0.39 is 21.8 Å². The second-order valence-corrected chi connectivity index (χ2v) is 9.08. The minimum Gasteiger partial charge on any atom is -0.461 e. The minimum atomic E-state index is -3.12. The van der Waals surface area contributed by atoms with E-state index in [2.05, 4.69) is 5.10 Å². The third-order valence-corrected chi connectivity index (χ3v) is 6.75. The van der Waals surface area contributed by atoms with E-state index >= 15 is 0 Å². The molecule has 2 aliphatic rings. The smallest absolute Gasteiger partial charge is 0.354 e. The lowest BCUT2D eigenvalue weighted by molar-refractivity contribution is -0.135. The summed E-state index contributed by atoms with van der Waals surface area (Å²) in [5.41, 5.74) is 0.884. The van der Waals surface area contributed by atoms with Crippen LogP contribution in [0.1, 0.15) is 26.7 Å². The number of carbonyl (C=O) groups excluding carboxylic acids is 2. The Bertz CT molecular complexity index is 869. The summed E-state index contributed by atoms with van der Waals surface area (Å²) in [6.07, 6.45) is 0.564. The molecule has 1 aromatic rings. The van der Waals surface area contributed by atoms with Crippen LogP contribution in [0.25, 0.3) is 0 Å². The molecule has 2 aliphatic heterocycles. The quantitative estimate of drug-likeness (QED) is 0.658. The average molecular weight is 407 g/mol. The zero-order valence-electron chi connectivity index (χ0n) is 16.1. The summed E-state index contributed by atoms with van der Waals surface area (Å²) in [6, 6.07) is 8.10. The highest BCUT2D eigenvalue weighted by Gasteiger charge is 2.42. The van der Waals surface area contributed by atoms with Gasteiger partial charge in [-0.2, -0.15) is 5.10 Å². The van der Waals surface area contributed by atoms with Crippen molar-refractivity contribution in [3.05, 3.63) is 30.3 Å². The summed E-state index contributed by atoms with van der Waals surface area (Å²) in [7, 11) is -3.12. The highest BCUT2D eigenvalue weighted by atomic mass is 32.2. The van der Waals surface area contributed by atoms with Gasteiger partial charge >= 0.3 is 5.97 Å². The number of benzene rings is 1. The number of hydrogen-bond donors (Lipinski definition) is 0. The first kappa shape index (κ1) is 20.3. The number of carbonyl (C=O) groups is 2.